The molecular formula is C11H21N3O2S. The minimum Gasteiger partial charge on any atom is -0.314 e. The summed E-state index contributed by atoms with van der Waals surface area (Å²) in [6.45, 7) is 6.72. The first-order chi connectivity index (χ1) is 7.91. The van der Waals surface area contributed by atoms with Crippen LogP contribution in [0.5, 0.6) is 0 Å². The van der Waals surface area contributed by atoms with Gasteiger partial charge in [-0.15, -0.1) is 0 Å². The lowest BCUT2D eigenvalue weighted by Crippen LogP contribution is -2.27. The molecule has 0 saturated carbocycles. The van der Waals surface area contributed by atoms with E-state index in [2.05, 4.69) is 4.98 Å². The first-order valence-electron chi connectivity index (χ1n) is 5.91. The van der Waals surface area contributed by atoms with Gasteiger partial charge < -0.3 is 4.57 Å². The largest absolute Gasteiger partial charge is 0.314 e. The predicted octanol–water partition coefficient (Wildman–Crippen LogP) is 1.56. The van der Waals surface area contributed by atoms with E-state index in [1.807, 2.05) is 25.3 Å². The number of nitrogens with zero attached hydrogens (tertiary/aromatic N) is 3. The van der Waals surface area contributed by atoms with E-state index in [9.17, 15) is 8.42 Å². The molecule has 2 rings (SSSR count). The average molecular weight is 259 g/mol. The van der Waals surface area contributed by atoms with Crippen molar-refractivity contribution in [3.05, 3.63) is 11.5 Å². The molecule has 98 valence electrons. The SMILES string of the molecule is CC.Cc1nc2n(c1N(C)S(C)(=O)=O)CCC2. The summed E-state index contributed by atoms with van der Waals surface area (Å²) in [5, 5.41) is 0. The molecule has 1 aliphatic rings. The lowest BCUT2D eigenvalue weighted by molar-refractivity contribution is 0.598. The van der Waals surface area contributed by atoms with E-state index >= 15 is 0 Å². The summed E-state index contributed by atoms with van der Waals surface area (Å²) in [6.07, 6.45) is 3.20. The van der Waals surface area contributed by atoms with Gasteiger partial charge in [0.1, 0.15) is 11.6 Å². The Labute approximate surface area is 104 Å². The van der Waals surface area contributed by atoms with Crippen LogP contribution >= 0.6 is 0 Å². The fraction of sp³-hybridized carbons (Fsp3) is 0.727. The summed E-state index contributed by atoms with van der Waals surface area (Å²) < 4.78 is 26.2. The third-order valence-electron chi connectivity index (χ3n) is 2.77. The average Bonchev–Trinajstić information content (AvgIpc) is 2.78. The molecule has 1 aromatic rings. The summed E-state index contributed by atoms with van der Waals surface area (Å²) in [6, 6.07) is 0. The highest BCUT2D eigenvalue weighted by atomic mass is 32.2. The molecule has 0 saturated heterocycles. The van der Waals surface area contributed by atoms with Gasteiger partial charge in [-0.05, 0) is 13.3 Å². The van der Waals surface area contributed by atoms with Crippen LogP contribution < -0.4 is 4.31 Å². The maximum atomic E-state index is 11.5. The Morgan fingerprint density at radius 2 is 1.94 bits per heavy atom. The molecule has 0 amide bonds. The second kappa shape index (κ2) is 5.08. The van der Waals surface area contributed by atoms with Gasteiger partial charge in [0, 0.05) is 20.0 Å². The molecule has 0 unspecified atom stereocenters. The summed E-state index contributed by atoms with van der Waals surface area (Å²) >= 11 is 0. The van der Waals surface area contributed by atoms with Crippen molar-refractivity contribution >= 4 is 15.8 Å². The summed E-state index contributed by atoms with van der Waals surface area (Å²) in [4.78, 5) is 4.38. The Bertz CT molecular complexity index is 491. The molecule has 0 atom stereocenters. The minimum absolute atomic E-state index is 0.713. The highest BCUT2D eigenvalue weighted by Crippen LogP contribution is 2.27. The van der Waals surface area contributed by atoms with Crippen LogP contribution in [0.2, 0.25) is 0 Å². The maximum Gasteiger partial charge on any atom is 0.233 e. The molecule has 1 aromatic heterocycles. The van der Waals surface area contributed by atoms with Crippen LogP contribution in [0.4, 0.5) is 5.82 Å². The lowest BCUT2D eigenvalue weighted by Gasteiger charge is -2.18. The third kappa shape index (κ3) is 2.62. The van der Waals surface area contributed by atoms with Crippen molar-refractivity contribution in [3.8, 4) is 0 Å². The van der Waals surface area contributed by atoms with Crippen molar-refractivity contribution in [2.75, 3.05) is 17.6 Å². The Morgan fingerprint density at radius 1 is 1.35 bits per heavy atom. The summed E-state index contributed by atoms with van der Waals surface area (Å²) in [5.74, 6) is 1.71. The topological polar surface area (TPSA) is 55.2 Å². The van der Waals surface area contributed by atoms with Crippen LogP contribution in [-0.2, 0) is 23.0 Å². The number of sulfonamides is 1. The van der Waals surface area contributed by atoms with Crippen molar-refractivity contribution < 1.29 is 8.42 Å². The summed E-state index contributed by atoms with van der Waals surface area (Å²) in [7, 11) is -1.62. The molecule has 0 radical (unpaired) electrons. The van der Waals surface area contributed by atoms with E-state index in [0.717, 1.165) is 30.9 Å². The van der Waals surface area contributed by atoms with Gasteiger partial charge in [0.15, 0.2) is 0 Å². The molecule has 0 fully saturated rings. The van der Waals surface area contributed by atoms with Crippen LogP contribution in [0.25, 0.3) is 0 Å². The highest BCUT2D eigenvalue weighted by molar-refractivity contribution is 7.92. The van der Waals surface area contributed by atoms with Crippen molar-refractivity contribution in [2.45, 2.75) is 40.2 Å². The fourth-order valence-electron chi connectivity index (χ4n) is 2.00. The number of imidazole rings is 1. The van der Waals surface area contributed by atoms with Gasteiger partial charge in [0.05, 0.1) is 11.9 Å². The van der Waals surface area contributed by atoms with E-state index in [1.165, 1.54) is 10.6 Å². The molecule has 2 heterocycles. The lowest BCUT2D eigenvalue weighted by atomic mass is 10.3. The van der Waals surface area contributed by atoms with Gasteiger partial charge in [0.25, 0.3) is 0 Å². The second-order valence-corrected chi connectivity index (χ2v) is 5.94. The smallest absolute Gasteiger partial charge is 0.233 e. The molecule has 0 spiro atoms. The standard InChI is InChI=1S/C9H15N3O2S.C2H6/c1-7-9(11(2)15(3,13)14)12-6-4-5-8(12)10-7;1-2/h4-6H2,1-3H3;1-2H3. The molecule has 5 nitrogen and oxygen atoms in total. The molecule has 0 aliphatic carbocycles. The van der Waals surface area contributed by atoms with Gasteiger partial charge >= 0.3 is 0 Å². The zero-order chi connectivity index (χ0) is 13.2. The van der Waals surface area contributed by atoms with Crippen molar-refractivity contribution in [3.63, 3.8) is 0 Å². The van der Waals surface area contributed by atoms with E-state index in [1.54, 1.807) is 7.05 Å². The van der Waals surface area contributed by atoms with Crippen LogP contribution in [0.3, 0.4) is 0 Å². The molecule has 0 aromatic carbocycles. The maximum absolute atomic E-state index is 11.5. The van der Waals surface area contributed by atoms with Crippen LogP contribution in [-0.4, -0.2) is 31.3 Å². The summed E-state index contributed by atoms with van der Waals surface area (Å²) in [5.41, 5.74) is 0.789. The number of anilines is 1. The minimum atomic E-state index is -3.20. The Morgan fingerprint density at radius 3 is 2.47 bits per heavy atom. The molecule has 0 bridgehead atoms. The van der Waals surface area contributed by atoms with E-state index in [4.69, 9.17) is 0 Å². The Hall–Kier alpha value is -1.04. The van der Waals surface area contributed by atoms with Gasteiger partial charge in [0.2, 0.25) is 10.0 Å². The number of fused-ring (bicyclic) bond motifs is 1. The fourth-order valence-corrected chi connectivity index (χ4v) is 2.54. The van der Waals surface area contributed by atoms with E-state index < -0.39 is 10.0 Å². The molecule has 0 N–H and O–H groups in total. The van der Waals surface area contributed by atoms with Crippen molar-refractivity contribution in [2.24, 2.45) is 0 Å². The molecule has 1 aliphatic heterocycles. The Balaban J connectivity index is 0.000000686. The van der Waals surface area contributed by atoms with Crippen LogP contribution in [0.15, 0.2) is 0 Å². The quantitative estimate of drug-likeness (QED) is 0.810. The zero-order valence-electron chi connectivity index (χ0n) is 11.2. The normalized spacial score (nSPS) is 13.9. The van der Waals surface area contributed by atoms with Gasteiger partial charge in [-0.1, -0.05) is 13.8 Å². The van der Waals surface area contributed by atoms with Crippen LogP contribution in [0.1, 0.15) is 31.8 Å². The molecular weight excluding hydrogens is 238 g/mol. The zero-order valence-corrected chi connectivity index (χ0v) is 12.0. The van der Waals surface area contributed by atoms with Gasteiger partial charge in [-0.2, -0.15) is 0 Å². The monoisotopic (exact) mass is 259 g/mol. The molecule has 6 heteroatoms. The van der Waals surface area contributed by atoms with E-state index in [-0.39, 0.29) is 0 Å². The van der Waals surface area contributed by atoms with E-state index in [0.29, 0.717) is 5.82 Å². The molecule has 17 heavy (non-hydrogen) atoms. The third-order valence-corrected chi connectivity index (χ3v) is 3.93. The number of rotatable bonds is 2. The van der Waals surface area contributed by atoms with Crippen LogP contribution in [0, 0.1) is 6.92 Å². The second-order valence-electron chi connectivity index (χ2n) is 3.92. The predicted molar refractivity (Wildman–Crippen MR) is 69.9 cm³/mol. The number of aromatic nitrogens is 2. The number of aryl methyl sites for hydroxylation is 2. The van der Waals surface area contributed by atoms with Crippen molar-refractivity contribution in [1.29, 1.82) is 0 Å². The highest BCUT2D eigenvalue weighted by Gasteiger charge is 2.25. The van der Waals surface area contributed by atoms with Crippen molar-refractivity contribution in [1.82, 2.24) is 9.55 Å². The van der Waals surface area contributed by atoms with Gasteiger partial charge in [-0.3, -0.25) is 4.31 Å². The van der Waals surface area contributed by atoms with Gasteiger partial charge in [-0.25, -0.2) is 13.4 Å². The number of hydrogen-bond acceptors (Lipinski definition) is 3. The number of hydrogen-bond donors (Lipinski definition) is 0. The first kappa shape index (κ1) is 14.0. The first-order valence-corrected chi connectivity index (χ1v) is 7.76. The Kier molecular flexibility index (Phi) is 4.19.